The van der Waals surface area contributed by atoms with Crippen molar-refractivity contribution in [2.45, 2.75) is 19.8 Å². The zero-order valence-electron chi connectivity index (χ0n) is 12.1. The number of hydrogen-bond acceptors (Lipinski definition) is 4. The average Bonchev–Trinajstić information content (AvgIpc) is 2.47. The van der Waals surface area contributed by atoms with Crippen LogP contribution in [0.5, 0.6) is 11.5 Å². The van der Waals surface area contributed by atoms with Gasteiger partial charge in [-0.2, -0.15) is 0 Å². The summed E-state index contributed by atoms with van der Waals surface area (Å²) in [7, 11) is 1.59. The molecule has 106 valence electrons. The molecular weight excluding hydrogens is 240 g/mol. The summed E-state index contributed by atoms with van der Waals surface area (Å²) in [5.41, 5.74) is 1.24. The third-order valence-corrected chi connectivity index (χ3v) is 3.93. The molecule has 1 aliphatic rings. The third kappa shape index (κ3) is 3.19. The van der Waals surface area contributed by atoms with E-state index in [-0.39, 0.29) is 5.75 Å². The molecule has 0 bridgehead atoms. The lowest BCUT2D eigenvalue weighted by Crippen LogP contribution is -2.48. The molecule has 0 aliphatic carbocycles. The second-order valence-electron chi connectivity index (χ2n) is 5.11. The number of methoxy groups -OCH3 is 1. The summed E-state index contributed by atoms with van der Waals surface area (Å²) < 4.78 is 5.21. The summed E-state index contributed by atoms with van der Waals surface area (Å²) in [5, 5.41) is 9.68. The van der Waals surface area contributed by atoms with E-state index in [1.54, 1.807) is 13.2 Å². The fourth-order valence-corrected chi connectivity index (χ4v) is 2.70. The van der Waals surface area contributed by atoms with E-state index in [1.807, 2.05) is 12.1 Å². The predicted octanol–water partition coefficient (Wildman–Crippen LogP) is 2.10. The van der Waals surface area contributed by atoms with Crippen molar-refractivity contribution >= 4 is 0 Å². The smallest absolute Gasteiger partial charge is 0.160 e. The molecule has 1 N–H and O–H groups in total. The van der Waals surface area contributed by atoms with Crippen LogP contribution in [0.25, 0.3) is 0 Å². The zero-order chi connectivity index (χ0) is 13.8. The van der Waals surface area contributed by atoms with Crippen LogP contribution in [0.15, 0.2) is 18.2 Å². The molecule has 1 aliphatic heterocycles. The highest BCUT2D eigenvalue weighted by Crippen LogP contribution is 2.31. The molecule has 4 nitrogen and oxygen atoms in total. The van der Waals surface area contributed by atoms with E-state index in [2.05, 4.69) is 23.6 Å². The lowest BCUT2D eigenvalue weighted by molar-refractivity contribution is 0.0796. The maximum atomic E-state index is 9.68. The Balaban J connectivity index is 2.19. The highest BCUT2D eigenvalue weighted by atomic mass is 16.5. The second kappa shape index (κ2) is 6.26. The molecule has 0 radical (unpaired) electrons. The molecule has 1 saturated heterocycles. The quantitative estimate of drug-likeness (QED) is 0.903. The number of nitrogens with zero attached hydrogens (tertiary/aromatic N) is 2. The van der Waals surface area contributed by atoms with Gasteiger partial charge in [0, 0.05) is 19.0 Å². The minimum absolute atomic E-state index is 0.210. The predicted molar refractivity (Wildman–Crippen MR) is 76.8 cm³/mol. The van der Waals surface area contributed by atoms with Crippen LogP contribution in [0, 0.1) is 0 Å². The summed E-state index contributed by atoms with van der Waals surface area (Å²) in [6.07, 6.45) is 0. The van der Waals surface area contributed by atoms with E-state index < -0.39 is 0 Å². The van der Waals surface area contributed by atoms with Crippen molar-refractivity contribution in [1.82, 2.24) is 9.80 Å². The number of likely N-dealkylation sites (N-methyl/N-ethyl adjacent to an activating group) is 2. The normalized spacial score (nSPS) is 18.7. The molecule has 1 heterocycles. The number of phenols is 1. The minimum atomic E-state index is 0.210. The summed E-state index contributed by atoms with van der Waals surface area (Å²) in [6.45, 7) is 9.74. The first kappa shape index (κ1) is 14.2. The first-order valence-corrected chi connectivity index (χ1v) is 6.99. The molecule has 19 heavy (non-hydrogen) atoms. The lowest BCUT2D eigenvalue weighted by atomic mass is 9.95. The number of aromatic hydroxyl groups is 1. The van der Waals surface area contributed by atoms with Gasteiger partial charge < -0.3 is 9.84 Å². The first-order chi connectivity index (χ1) is 9.17. The van der Waals surface area contributed by atoms with Gasteiger partial charge in [0.15, 0.2) is 11.5 Å². The minimum Gasteiger partial charge on any atom is -0.504 e. The monoisotopic (exact) mass is 264 g/mol. The van der Waals surface area contributed by atoms with Crippen LogP contribution in [-0.2, 0) is 0 Å². The van der Waals surface area contributed by atoms with Crippen LogP contribution in [0.2, 0.25) is 0 Å². The largest absolute Gasteiger partial charge is 0.504 e. The summed E-state index contributed by atoms with van der Waals surface area (Å²) in [6, 6.07) is 5.71. The Morgan fingerprint density at radius 3 is 2.37 bits per heavy atom. The molecule has 2 rings (SSSR count). The van der Waals surface area contributed by atoms with Gasteiger partial charge in [-0.15, -0.1) is 0 Å². The van der Waals surface area contributed by atoms with Crippen molar-refractivity contribution in [3.05, 3.63) is 23.8 Å². The van der Waals surface area contributed by atoms with Gasteiger partial charge in [0.05, 0.1) is 13.8 Å². The average molecular weight is 264 g/mol. The molecule has 1 aromatic carbocycles. The van der Waals surface area contributed by atoms with E-state index in [4.69, 9.17) is 4.74 Å². The summed E-state index contributed by atoms with van der Waals surface area (Å²) in [5.74, 6) is 1.25. The Morgan fingerprint density at radius 2 is 1.84 bits per heavy atom. The van der Waals surface area contributed by atoms with Crippen LogP contribution in [0.1, 0.15) is 25.3 Å². The third-order valence-electron chi connectivity index (χ3n) is 3.93. The molecule has 0 aromatic heterocycles. The van der Waals surface area contributed by atoms with Crippen LogP contribution in [-0.4, -0.2) is 54.9 Å². The number of benzene rings is 1. The summed E-state index contributed by atoms with van der Waals surface area (Å²) in [4.78, 5) is 4.91. The second-order valence-corrected chi connectivity index (χ2v) is 5.11. The Hall–Kier alpha value is -1.26. The van der Waals surface area contributed by atoms with Crippen LogP contribution >= 0.6 is 0 Å². The number of rotatable bonds is 4. The summed E-state index contributed by atoms with van der Waals surface area (Å²) >= 11 is 0. The van der Waals surface area contributed by atoms with E-state index in [0.717, 1.165) is 32.8 Å². The van der Waals surface area contributed by atoms with Crippen molar-refractivity contribution in [2.24, 2.45) is 0 Å². The van der Waals surface area contributed by atoms with Gasteiger partial charge in [-0.3, -0.25) is 9.80 Å². The van der Waals surface area contributed by atoms with Crippen molar-refractivity contribution in [2.75, 3.05) is 40.0 Å². The van der Waals surface area contributed by atoms with E-state index in [0.29, 0.717) is 11.7 Å². The van der Waals surface area contributed by atoms with Crippen LogP contribution < -0.4 is 4.74 Å². The zero-order valence-corrected chi connectivity index (χ0v) is 12.1. The van der Waals surface area contributed by atoms with Gasteiger partial charge >= 0.3 is 0 Å². The maximum Gasteiger partial charge on any atom is 0.160 e. The number of ether oxygens (including phenoxy) is 1. The molecule has 0 atom stereocenters. The maximum absolute atomic E-state index is 9.68. The lowest BCUT2D eigenvalue weighted by Gasteiger charge is -2.39. The number of hydrogen-bond donors (Lipinski definition) is 1. The van der Waals surface area contributed by atoms with Gasteiger partial charge in [-0.1, -0.05) is 19.9 Å². The molecule has 0 unspecified atom stereocenters. The van der Waals surface area contributed by atoms with Crippen molar-refractivity contribution in [3.63, 3.8) is 0 Å². The molecular formula is C15H24N2O2. The van der Waals surface area contributed by atoms with Crippen LogP contribution in [0.4, 0.5) is 0 Å². The van der Waals surface area contributed by atoms with Gasteiger partial charge in [0.2, 0.25) is 0 Å². The Bertz CT molecular complexity index is 411. The van der Waals surface area contributed by atoms with Crippen molar-refractivity contribution in [1.29, 1.82) is 0 Å². The Kier molecular flexibility index (Phi) is 4.66. The van der Waals surface area contributed by atoms with Crippen LogP contribution in [0.3, 0.4) is 0 Å². The molecule has 0 amide bonds. The van der Waals surface area contributed by atoms with Gasteiger partial charge in [0.25, 0.3) is 0 Å². The standard InChI is InChI=1S/C15H24N2O2/c1-4-16-9-13(10-17(5-2)11-16)12-6-7-14(18)15(8-12)19-3/h6-8,13,18H,4-5,9-11H2,1-3H3. The molecule has 0 spiro atoms. The van der Waals surface area contributed by atoms with Gasteiger partial charge in [0.1, 0.15) is 0 Å². The molecule has 0 saturated carbocycles. The topological polar surface area (TPSA) is 35.9 Å². The van der Waals surface area contributed by atoms with Gasteiger partial charge in [-0.25, -0.2) is 0 Å². The fraction of sp³-hybridized carbons (Fsp3) is 0.600. The fourth-order valence-electron chi connectivity index (χ4n) is 2.70. The molecule has 4 heteroatoms. The SMILES string of the molecule is CCN1CC(c2ccc(O)c(OC)c2)CN(CC)C1. The number of phenolic OH excluding ortho intramolecular Hbond substituents is 1. The van der Waals surface area contributed by atoms with E-state index in [9.17, 15) is 5.11 Å². The Labute approximate surface area is 115 Å². The molecule has 1 aromatic rings. The van der Waals surface area contributed by atoms with E-state index >= 15 is 0 Å². The Morgan fingerprint density at radius 1 is 1.21 bits per heavy atom. The van der Waals surface area contributed by atoms with Crippen molar-refractivity contribution in [3.8, 4) is 11.5 Å². The molecule has 1 fully saturated rings. The van der Waals surface area contributed by atoms with E-state index in [1.165, 1.54) is 5.56 Å². The first-order valence-electron chi connectivity index (χ1n) is 6.99. The highest BCUT2D eigenvalue weighted by molar-refractivity contribution is 5.43. The highest BCUT2D eigenvalue weighted by Gasteiger charge is 2.25. The van der Waals surface area contributed by atoms with Crippen molar-refractivity contribution < 1.29 is 9.84 Å². The van der Waals surface area contributed by atoms with Gasteiger partial charge in [-0.05, 0) is 30.8 Å².